The van der Waals surface area contributed by atoms with Crippen molar-refractivity contribution >= 4 is 34.5 Å². The van der Waals surface area contributed by atoms with Gasteiger partial charge in [0.05, 0.1) is 15.4 Å². The summed E-state index contributed by atoms with van der Waals surface area (Å²) in [5, 5.41) is 3.51. The normalized spacial score (nSPS) is 17.9. The fourth-order valence-corrected chi connectivity index (χ4v) is 4.07. The maximum Gasteiger partial charge on any atom is 0.141 e. The first-order valence-corrected chi connectivity index (χ1v) is 8.37. The molecule has 0 spiro atoms. The zero-order valence-electron chi connectivity index (χ0n) is 11.3. The van der Waals surface area contributed by atoms with E-state index < -0.39 is 0 Å². The molecule has 0 aliphatic carbocycles. The van der Waals surface area contributed by atoms with Gasteiger partial charge in [-0.25, -0.2) is 4.39 Å². The van der Waals surface area contributed by atoms with E-state index in [0.29, 0.717) is 0 Å². The molecule has 0 bridgehead atoms. The van der Waals surface area contributed by atoms with Crippen molar-refractivity contribution in [3.8, 4) is 0 Å². The molecule has 1 aliphatic heterocycles. The molecule has 3 rings (SSSR count). The molecule has 0 radical (unpaired) electrons. The maximum absolute atomic E-state index is 13.4. The highest BCUT2D eigenvalue weighted by atomic mass is 35.5. The Labute approximate surface area is 137 Å². The van der Waals surface area contributed by atoms with Crippen molar-refractivity contribution in [1.29, 1.82) is 0 Å². The Morgan fingerprint density at radius 3 is 2.52 bits per heavy atom. The van der Waals surface area contributed by atoms with Gasteiger partial charge in [-0.15, -0.1) is 11.3 Å². The lowest BCUT2D eigenvalue weighted by Gasteiger charge is -2.34. The summed E-state index contributed by atoms with van der Waals surface area (Å²) in [7, 11) is 0. The first-order chi connectivity index (χ1) is 10.1. The summed E-state index contributed by atoms with van der Waals surface area (Å²) < 4.78 is 14.2. The molecule has 2 nitrogen and oxygen atoms in total. The minimum Gasteiger partial charge on any atom is -0.314 e. The van der Waals surface area contributed by atoms with Crippen LogP contribution in [0.15, 0.2) is 30.3 Å². The van der Waals surface area contributed by atoms with Crippen molar-refractivity contribution in [3.05, 3.63) is 55.9 Å². The molecule has 2 heterocycles. The van der Waals surface area contributed by atoms with Crippen molar-refractivity contribution in [2.45, 2.75) is 6.04 Å². The van der Waals surface area contributed by atoms with E-state index >= 15 is 0 Å². The zero-order chi connectivity index (χ0) is 14.8. The van der Waals surface area contributed by atoms with Crippen molar-refractivity contribution in [3.63, 3.8) is 0 Å². The Hall–Kier alpha value is -0.650. The van der Waals surface area contributed by atoms with Crippen LogP contribution in [0.4, 0.5) is 4.39 Å². The van der Waals surface area contributed by atoms with E-state index in [0.717, 1.165) is 41.0 Å². The molecule has 2 aromatic rings. The average Bonchev–Trinajstić information content (AvgIpc) is 2.90. The second-order valence-corrected chi connectivity index (χ2v) is 7.16. The highest BCUT2D eigenvalue weighted by molar-refractivity contribution is 7.16. The summed E-state index contributed by atoms with van der Waals surface area (Å²) in [6.07, 6.45) is 0. The summed E-state index contributed by atoms with van der Waals surface area (Å²) in [5.41, 5.74) is 1.00. The quantitative estimate of drug-likeness (QED) is 0.897. The third kappa shape index (κ3) is 3.41. The summed E-state index contributed by atoms with van der Waals surface area (Å²) in [6, 6.07) is 8.97. The topological polar surface area (TPSA) is 15.3 Å². The van der Waals surface area contributed by atoms with Gasteiger partial charge in [0, 0.05) is 31.1 Å². The Bertz CT molecular complexity index is 626. The summed E-state index contributed by atoms with van der Waals surface area (Å²) >= 11 is 13.6. The van der Waals surface area contributed by atoms with Gasteiger partial charge < -0.3 is 5.32 Å². The molecule has 1 atom stereocenters. The van der Waals surface area contributed by atoms with Crippen LogP contribution in [-0.4, -0.2) is 31.1 Å². The van der Waals surface area contributed by atoms with Gasteiger partial charge in [-0.05, 0) is 29.8 Å². The number of thiophene rings is 1. The molecular formula is C15H15Cl2FN2S. The lowest BCUT2D eigenvalue weighted by atomic mass is 10.0. The number of nitrogens with one attached hydrogen (secondary N) is 1. The number of halogens is 3. The molecule has 1 fully saturated rings. The number of piperazine rings is 1. The number of hydrogen-bond acceptors (Lipinski definition) is 3. The molecule has 21 heavy (non-hydrogen) atoms. The Balaban J connectivity index is 2.00. The number of hydrogen-bond donors (Lipinski definition) is 1. The fraction of sp³-hybridized carbons (Fsp3) is 0.333. The molecule has 1 aromatic heterocycles. The molecule has 1 aliphatic rings. The maximum atomic E-state index is 13.4. The predicted octanol–water partition coefficient (Wildman–Crippen LogP) is 4.19. The van der Waals surface area contributed by atoms with Gasteiger partial charge in [0.15, 0.2) is 0 Å². The smallest absolute Gasteiger partial charge is 0.141 e. The Morgan fingerprint density at radius 2 is 1.90 bits per heavy atom. The largest absolute Gasteiger partial charge is 0.314 e. The summed E-state index contributed by atoms with van der Waals surface area (Å²) in [5.74, 6) is -0.385. The van der Waals surface area contributed by atoms with Crippen LogP contribution in [0.5, 0.6) is 0 Å². The molecule has 112 valence electrons. The number of rotatable bonds is 3. The van der Waals surface area contributed by atoms with Gasteiger partial charge in [-0.3, -0.25) is 4.90 Å². The van der Waals surface area contributed by atoms with E-state index in [9.17, 15) is 4.39 Å². The van der Waals surface area contributed by atoms with Gasteiger partial charge in [0.25, 0.3) is 0 Å². The lowest BCUT2D eigenvalue weighted by molar-refractivity contribution is 0.200. The summed E-state index contributed by atoms with van der Waals surface area (Å²) in [6.45, 7) is 3.78. The van der Waals surface area contributed by atoms with Crippen LogP contribution in [0, 0.1) is 5.82 Å². The molecule has 1 N–H and O–H groups in total. The van der Waals surface area contributed by atoms with Gasteiger partial charge in [-0.1, -0.05) is 29.3 Å². The van der Waals surface area contributed by atoms with E-state index in [2.05, 4.69) is 10.2 Å². The fourth-order valence-electron chi connectivity index (χ4n) is 2.65. The number of benzene rings is 1. The van der Waals surface area contributed by atoms with Crippen LogP contribution in [0.2, 0.25) is 9.36 Å². The second-order valence-electron chi connectivity index (χ2n) is 5.00. The predicted molar refractivity (Wildman–Crippen MR) is 87.0 cm³/mol. The van der Waals surface area contributed by atoms with Crippen LogP contribution in [0.25, 0.3) is 0 Å². The molecule has 1 saturated heterocycles. The number of nitrogens with zero attached hydrogens (tertiary/aromatic N) is 1. The van der Waals surface area contributed by atoms with Crippen molar-refractivity contribution < 1.29 is 4.39 Å². The van der Waals surface area contributed by atoms with E-state index in [4.69, 9.17) is 23.2 Å². The van der Waals surface area contributed by atoms with Gasteiger partial charge in [0.2, 0.25) is 0 Å². The van der Waals surface area contributed by atoms with Crippen molar-refractivity contribution in [2.24, 2.45) is 0 Å². The van der Waals surface area contributed by atoms with Crippen LogP contribution in [0.3, 0.4) is 0 Å². The van der Waals surface area contributed by atoms with Crippen molar-refractivity contribution in [1.82, 2.24) is 10.2 Å². The van der Waals surface area contributed by atoms with E-state index in [-0.39, 0.29) is 16.9 Å². The third-order valence-corrected chi connectivity index (χ3v) is 5.21. The average molecular weight is 345 g/mol. The Morgan fingerprint density at radius 1 is 1.14 bits per heavy atom. The molecule has 6 heteroatoms. The monoisotopic (exact) mass is 344 g/mol. The van der Waals surface area contributed by atoms with Crippen LogP contribution in [-0.2, 0) is 0 Å². The van der Waals surface area contributed by atoms with Crippen LogP contribution < -0.4 is 5.32 Å². The van der Waals surface area contributed by atoms with Gasteiger partial charge >= 0.3 is 0 Å². The highest BCUT2D eigenvalue weighted by Crippen LogP contribution is 2.36. The highest BCUT2D eigenvalue weighted by Gasteiger charge is 2.25. The van der Waals surface area contributed by atoms with Crippen molar-refractivity contribution in [2.75, 3.05) is 26.2 Å². The first kappa shape index (κ1) is 15.3. The lowest BCUT2D eigenvalue weighted by Crippen LogP contribution is -2.45. The van der Waals surface area contributed by atoms with E-state index in [1.54, 1.807) is 17.4 Å². The van der Waals surface area contributed by atoms with E-state index in [1.165, 1.54) is 6.07 Å². The Kier molecular flexibility index (Phi) is 4.82. The molecule has 0 saturated carbocycles. The molecule has 0 amide bonds. The minimum atomic E-state index is -0.385. The van der Waals surface area contributed by atoms with E-state index in [1.807, 2.05) is 18.2 Å². The zero-order valence-corrected chi connectivity index (χ0v) is 13.6. The SMILES string of the molecule is Fc1ccc([C@H](c2ccc(Cl)s2)N2CCNCC2)cc1Cl. The van der Waals surface area contributed by atoms with Gasteiger partial charge in [-0.2, -0.15) is 0 Å². The van der Waals surface area contributed by atoms with Crippen LogP contribution in [0.1, 0.15) is 16.5 Å². The minimum absolute atomic E-state index is 0.0719. The summed E-state index contributed by atoms with van der Waals surface area (Å²) in [4.78, 5) is 3.53. The second kappa shape index (κ2) is 6.63. The molecular weight excluding hydrogens is 330 g/mol. The van der Waals surface area contributed by atoms with Crippen LogP contribution >= 0.6 is 34.5 Å². The molecule has 1 aromatic carbocycles. The van der Waals surface area contributed by atoms with Gasteiger partial charge in [0.1, 0.15) is 5.82 Å². The standard InChI is InChI=1S/C15H15Cl2FN2S/c16-11-9-10(1-2-12(11)18)15(13-3-4-14(17)21-13)20-7-5-19-6-8-20/h1-4,9,15,19H,5-8H2/t15-/m1/s1. The third-order valence-electron chi connectivity index (χ3n) is 3.64. The first-order valence-electron chi connectivity index (χ1n) is 6.80. The molecule has 0 unspecified atom stereocenters.